The number of hydrogen-bond acceptors (Lipinski definition) is 5. The van der Waals surface area contributed by atoms with Crippen molar-refractivity contribution in [3.8, 4) is 11.3 Å². The van der Waals surface area contributed by atoms with E-state index < -0.39 is 0 Å². The van der Waals surface area contributed by atoms with Gasteiger partial charge in [0.2, 0.25) is 5.91 Å². The number of halogens is 1. The second-order valence-corrected chi connectivity index (χ2v) is 6.75. The molecule has 1 aliphatic rings. The number of carbonyl (C=O) groups is 1. The molecule has 0 atom stereocenters. The maximum Gasteiger partial charge on any atom is 0.223 e. The summed E-state index contributed by atoms with van der Waals surface area (Å²) in [6.45, 7) is 2.92. The highest BCUT2D eigenvalue weighted by atomic mass is 19.1. The van der Waals surface area contributed by atoms with Crippen LogP contribution in [0.2, 0.25) is 0 Å². The van der Waals surface area contributed by atoms with Crippen molar-refractivity contribution in [1.82, 2.24) is 15.0 Å². The van der Waals surface area contributed by atoms with E-state index in [2.05, 4.69) is 15.0 Å². The Kier molecular flexibility index (Phi) is 5.32. The quantitative estimate of drug-likeness (QED) is 0.680. The van der Waals surface area contributed by atoms with Crippen LogP contribution in [0.3, 0.4) is 0 Å². The molecule has 1 amide bonds. The summed E-state index contributed by atoms with van der Waals surface area (Å²) < 4.78 is 18.2. The lowest BCUT2D eigenvalue weighted by molar-refractivity contribution is -0.131. The molecule has 1 aromatic carbocycles. The zero-order chi connectivity index (χ0) is 19.3. The van der Waals surface area contributed by atoms with Gasteiger partial charge < -0.3 is 14.3 Å². The summed E-state index contributed by atoms with van der Waals surface area (Å²) in [5.41, 5.74) is 2.29. The van der Waals surface area contributed by atoms with Crippen LogP contribution in [0.25, 0.3) is 11.3 Å². The number of benzene rings is 1. The number of carbonyl (C=O) groups excluding carboxylic acids is 1. The minimum atomic E-state index is -0.297. The van der Waals surface area contributed by atoms with Crippen molar-refractivity contribution < 1.29 is 13.7 Å². The van der Waals surface area contributed by atoms with Crippen molar-refractivity contribution >= 4 is 11.7 Å². The molecular weight excluding hydrogens is 359 g/mol. The van der Waals surface area contributed by atoms with Crippen LogP contribution in [-0.2, 0) is 11.2 Å². The fraction of sp³-hybridized carbons (Fsp3) is 0.286. The summed E-state index contributed by atoms with van der Waals surface area (Å²) in [6.07, 6.45) is 4.27. The Morgan fingerprint density at radius 3 is 2.57 bits per heavy atom. The van der Waals surface area contributed by atoms with Crippen LogP contribution in [0, 0.1) is 5.82 Å². The van der Waals surface area contributed by atoms with Crippen molar-refractivity contribution in [2.24, 2.45) is 0 Å². The summed E-state index contributed by atoms with van der Waals surface area (Å²) in [7, 11) is 0. The molecule has 0 N–H and O–H groups in total. The van der Waals surface area contributed by atoms with E-state index in [9.17, 15) is 9.18 Å². The van der Waals surface area contributed by atoms with Crippen LogP contribution < -0.4 is 4.90 Å². The predicted octanol–water partition coefficient (Wildman–Crippen LogP) is 3.16. The molecular formula is C21H21FN4O2. The number of nitrogens with zero attached hydrogens (tertiary/aromatic N) is 4. The highest BCUT2D eigenvalue weighted by Gasteiger charge is 2.22. The molecule has 28 heavy (non-hydrogen) atoms. The second kappa shape index (κ2) is 8.21. The molecule has 0 spiro atoms. The lowest BCUT2D eigenvalue weighted by atomic mass is 10.0. The number of piperazine rings is 1. The van der Waals surface area contributed by atoms with Gasteiger partial charge in [-0.15, -0.1) is 0 Å². The Labute approximate surface area is 162 Å². The van der Waals surface area contributed by atoms with E-state index in [0.717, 1.165) is 30.0 Å². The van der Waals surface area contributed by atoms with E-state index in [1.165, 1.54) is 12.1 Å². The van der Waals surface area contributed by atoms with Gasteiger partial charge in [-0.3, -0.25) is 4.79 Å². The van der Waals surface area contributed by atoms with Crippen molar-refractivity contribution in [3.05, 3.63) is 66.3 Å². The smallest absolute Gasteiger partial charge is 0.223 e. The number of rotatable bonds is 5. The summed E-state index contributed by atoms with van der Waals surface area (Å²) in [5.74, 6) is 0.767. The Balaban J connectivity index is 1.32. The van der Waals surface area contributed by atoms with Crippen molar-refractivity contribution in [2.45, 2.75) is 12.8 Å². The first-order chi connectivity index (χ1) is 13.7. The highest BCUT2D eigenvalue weighted by molar-refractivity contribution is 5.77. The van der Waals surface area contributed by atoms with Gasteiger partial charge in [-0.1, -0.05) is 11.2 Å². The van der Waals surface area contributed by atoms with Gasteiger partial charge in [-0.05, 0) is 42.8 Å². The predicted molar refractivity (Wildman–Crippen MR) is 103 cm³/mol. The van der Waals surface area contributed by atoms with Gasteiger partial charge in [0.25, 0.3) is 0 Å². The third-order valence-electron chi connectivity index (χ3n) is 4.97. The van der Waals surface area contributed by atoms with Gasteiger partial charge in [0.15, 0.2) is 0 Å². The molecule has 1 saturated heterocycles. The Bertz CT molecular complexity index is 919. The molecule has 2 aromatic heterocycles. The Morgan fingerprint density at radius 2 is 1.86 bits per heavy atom. The number of amides is 1. The van der Waals surface area contributed by atoms with Gasteiger partial charge in [0.1, 0.15) is 23.6 Å². The van der Waals surface area contributed by atoms with Gasteiger partial charge in [0, 0.05) is 49.9 Å². The number of hydrogen-bond donors (Lipinski definition) is 0. The van der Waals surface area contributed by atoms with E-state index in [1.54, 1.807) is 24.6 Å². The highest BCUT2D eigenvalue weighted by Crippen LogP contribution is 2.24. The van der Waals surface area contributed by atoms with Gasteiger partial charge in [-0.2, -0.15) is 0 Å². The van der Waals surface area contributed by atoms with E-state index >= 15 is 0 Å². The fourth-order valence-electron chi connectivity index (χ4n) is 3.41. The van der Waals surface area contributed by atoms with Crippen LogP contribution in [0.1, 0.15) is 12.0 Å². The van der Waals surface area contributed by atoms with Crippen LogP contribution in [0.15, 0.2) is 59.4 Å². The summed E-state index contributed by atoms with van der Waals surface area (Å²) in [4.78, 5) is 21.1. The average molecular weight is 380 g/mol. The molecule has 3 aromatic rings. The molecule has 1 aliphatic heterocycles. The average Bonchev–Trinajstić information content (AvgIpc) is 3.22. The lowest BCUT2D eigenvalue weighted by Crippen LogP contribution is -2.49. The molecule has 0 aliphatic carbocycles. The third kappa shape index (κ3) is 4.03. The minimum Gasteiger partial charge on any atom is -0.364 e. The first-order valence-corrected chi connectivity index (χ1v) is 9.33. The number of aryl methyl sites for hydroxylation is 1. The molecule has 6 nitrogen and oxygen atoms in total. The normalized spacial score (nSPS) is 14.3. The van der Waals surface area contributed by atoms with Gasteiger partial charge >= 0.3 is 0 Å². The zero-order valence-electron chi connectivity index (χ0n) is 15.4. The summed E-state index contributed by atoms with van der Waals surface area (Å²) in [5, 5.41) is 4.01. The lowest BCUT2D eigenvalue weighted by Gasteiger charge is -2.35. The van der Waals surface area contributed by atoms with E-state index in [0.29, 0.717) is 31.6 Å². The topological polar surface area (TPSA) is 62.5 Å². The Hall–Kier alpha value is -3.22. The monoisotopic (exact) mass is 380 g/mol. The second-order valence-electron chi connectivity index (χ2n) is 6.75. The van der Waals surface area contributed by atoms with Gasteiger partial charge in [0.05, 0.1) is 0 Å². The maximum absolute atomic E-state index is 13.1. The third-order valence-corrected chi connectivity index (χ3v) is 4.97. The first kappa shape index (κ1) is 18.2. The van der Waals surface area contributed by atoms with Crippen LogP contribution in [0.4, 0.5) is 10.2 Å². The maximum atomic E-state index is 13.1. The van der Waals surface area contributed by atoms with Crippen molar-refractivity contribution in [3.63, 3.8) is 0 Å². The van der Waals surface area contributed by atoms with E-state index in [4.69, 9.17) is 4.52 Å². The van der Waals surface area contributed by atoms with Crippen LogP contribution >= 0.6 is 0 Å². The van der Waals surface area contributed by atoms with Crippen molar-refractivity contribution in [2.75, 3.05) is 31.1 Å². The molecule has 3 heterocycles. The van der Waals surface area contributed by atoms with Gasteiger partial charge in [-0.25, -0.2) is 9.37 Å². The molecule has 0 bridgehead atoms. The van der Waals surface area contributed by atoms with Crippen LogP contribution in [0.5, 0.6) is 0 Å². The molecule has 0 saturated carbocycles. The zero-order valence-corrected chi connectivity index (χ0v) is 15.4. The molecule has 1 fully saturated rings. The molecule has 7 heteroatoms. The van der Waals surface area contributed by atoms with Crippen molar-refractivity contribution in [1.29, 1.82) is 0 Å². The van der Waals surface area contributed by atoms with E-state index in [-0.39, 0.29) is 11.7 Å². The van der Waals surface area contributed by atoms with E-state index in [1.807, 2.05) is 23.1 Å². The molecule has 0 radical (unpaired) electrons. The summed E-state index contributed by atoms with van der Waals surface area (Å²) in [6, 6.07) is 12.0. The SMILES string of the molecule is O=C(CCc1conc1-c1ccc(F)cc1)N1CCN(c2ccccn2)CC1. The molecule has 0 unspecified atom stereocenters. The number of aromatic nitrogens is 2. The standard InChI is InChI=1S/C21H21FN4O2/c22-18-7-4-16(5-8-18)21-17(15-28-24-21)6-9-20(27)26-13-11-25(12-14-26)19-3-1-2-10-23-19/h1-5,7-8,10,15H,6,9,11-14H2. The number of anilines is 1. The molecule has 144 valence electrons. The molecule has 4 rings (SSSR count). The minimum absolute atomic E-state index is 0.118. The summed E-state index contributed by atoms with van der Waals surface area (Å²) >= 11 is 0. The largest absolute Gasteiger partial charge is 0.364 e. The Morgan fingerprint density at radius 1 is 1.07 bits per heavy atom. The number of pyridine rings is 1. The van der Waals surface area contributed by atoms with Crippen LogP contribution in [-0.4, -0.2) is 47.1 Å². The fourth-order valence-corrected chi connectivity index (χ4v) is 3.41. The first-order valence-electron chi connectivity index (χ1n) is 9.33.